The van der Waals surface area contributed by atoms with Crippen LogP contribution in [0.4, 0.5) is 0 Å². The maximum atomic E-state index is 12.7. The first-order valence-electron chi connectivity index (χ1n) is 11.9. The number of hydrogen-bond acceptors (Lipinski definition) is 12. The summed E-state index contributed by atoms with van der Waals surface area (Å²) in [6.07, 6.45) is -1.58. The number of hydrogen-bond donors (Lipinski definition) is 1. The van der Waals surface area contributed by atoms with E-state index in [1.165, 1.54) is 14.0 Å². The molecule has 0 aliphatic heterocycles. The van der Waals surface area contributed by atoms with Gasteiger partial charge in [0, 0.05) is 13.7 Å². The lowest BCUT2D eigenvalue weighted by Gasteiger charge is -2.29. The minimum atomic E-state index is -3.37. The average Bonchev–Trinajstić information content (AvgIpc) is 2.78. The van der Waals surface area contributed by atoms with E-state index in [2.05, 4.69) is 0 Å². The summed E-state index contributed by atoms with van der Waals surface area (Å²) in [6, 6.07) is 0. The predicted molar refractivity (Wildman–Crippen MR) is 125 cm³/mol. The quantitative estimate of drug-likeness (QED) is 0.0975. The lowest BCUT2D eigenvalue weighted by atomic mass is 10.2. The zero-order chi connectivity index (χ0) is 27.9. The van der Waals surface area contributed by atoms with Gasteiger partial charge in [-0.2, -0.15) is 0 Å². The third-order valence-corrected chi connectivity index (χ3v) is 4.21. The lowest BCUT2D eigenvalue weighted by Crippen LogP contribution is -2.55. The molecule has 12 nitrogen and oxygen atoms in total. The second-order valence-corrected chi connectivity index (χ2v) is 9.48. The Hall–Kier alpha value is -2.28. The maximum absolute atomic E-state index is 12.7. The fourth-order valence-corrected chi connectivity index (χ4v) is 2.27. The van der Waals surface area contributed by atoms with E-state index in [0.29, 0.717) is 25.9 Å². The Labute approximate surface area is 212 Å². The van der Waals surface area contributed by atoms with Crippen LogP contribution in [-0.4, -0.2) is 86.3 Å². The normalized spacial score (nSPS) is 14.9. The van der Waals surface area contributed by atoms with Crippen molar-refractivity contribution in [2.75, 3.05) is 33.5 Å². The van der Waals surface area contributed by atoms with Gasteiger partial charge in [-0.3, -0.25) is 4.74 Å². The van der Waals surface area contributed by atoms with E-state index >= 15 is 0 Å². The minimum Gasteiger partial charge on any atom is -0.462 e. The molecular formula is C24H42O12. The second-order valence-electron chi connectivity index (χ2n) is 9.48. The molecule has 0 aromatic rings. The Morgan fingerprint density at radius 2 is 1.53 bits per heavy atom. The van der Waals surface area contributed by atoms with E-state index in [1.807, 2.05) is 0 Å². The molecule has 0 saturated carbocycles. The summed E-state index contributed by atoms with van der Waals surface area (Å²) in [5.74, 6) is -8.53. The van der Waals surface area contributed by atoms with Crippen LogP contribution in [0, 0.1) is 5.92 Å². The van der Waals surface area contributed by atoms with Crippen molar-refractivity contribution in [3.05, 3.63) is 0 Å². The maximum Gasteiger partial charge on any atom is 0.379 e. The van der Waals surface area contributed by atoms with Crippen molar-refractivity contribution in [3.63, 3.8) is 0 Å². The Balaban J connectivity index is 5.79. The van der Waals surface area contributed by atoms with E-state index in [0.717, 1.165) is 0 Å². The number of rotatable bonds is 17. The molecule has 0 rings (SSSR count). The number of carbonyl (C=O) groups excluding carboxylic acids is 4. The van der Waals surface area contributed by atoms with E-state index in [4.69, 9.17) is 33.2 Å². The Morgan fingerprint density at radius 3 is 2.06 bits per heavy atom. The van der Waals surface area contributed by atoms with Crippen LogP contribution in [0.5, 0.6) is 0 Å². The molecule has 0 bridgehead atoms. The van der Waals surface area contributed by atoms with Gasteiger partial charge in [-0.05, 0) is 52.9 Å². The smallest absolute Gasteiger partial charge is 0.379 e. The lowest BCUT2D eigenvalue weighted by molar-refractivity contribution is -0.287. The molecule has 0 aliphatic rings. The van der Waals surface area contributed by atoms with Crippen molar-refractivity contribution < 1.29 is 57.4 Å². The molecule has 36 heavy (non-hydrogen) atoms. The molecular weight excluding hydrogens is 480 g/mol. The number of unbranched alkanes of at least 4 members (excludes halogenated alkanes) is 1. The highest BCUT2D eigenvalue weighted by atomic mass is 16.8. The molecule has 0 radical (unpaired) electrons. The molecule has 0 aromatic carbocycles. The van der Waals surface area contributed by atoms with E-state index in [1.54, 1.807) is 41.5 Å². The van der Waals surface area contributed by atoms with Crippen molar-refractivity contribution in [3.8, 4) is 0 Å². The summed E-state index contributed by atoms with van der Waals surface area (Å²) in [4.78, 5) is 50.2. The zero-order valence-electron chi connectivity index (χ0n) is 22.6. The van der Waals surface area contributed by atoms with Crippen LogP contribution < -0.4 is 0 Å². The van der Waals surface area contributed by atoms with Crippen molar-refractivity contribution in [2.24, 2.45) is 5.92 Å². The fraction of sp³-hybridized carbons (Fsp3) is 0.833. The standard InChI is InChI=1S/C24H42O12/c1-9-17(4)34-22(28)24(29,21(27)31-13-11-10-12-30-8)36-20(19(26)32-14-16(2)3)33-15-18(25)35-23(5,6)7/h16-17,20,29H,9-15H2,1-8H3. The van der Waals surface area contributed by atoms with Crippen molar-refractivity contribution in [1.29, 1.82) is 0 Å². The van der Waals surface area contributed by atoms with E-state index in [-0.39, 0.29) is 19.1 Å². The molecule has 0 aliphatic carbocycles. The Morgan fingerprint density at radius 1 is 0.917 bits per heavy atom. The highest BCUT2D eigenvalue weighted by Gasteiger charge is 2.53. The van der Waals surface area contributed by atoms with Crippen LogP contribution in [0.3, 0.4) is 0 Å². The molecule has 0 fully saturated rings. The van der Waals surface area contributed by atoms with Gasteiger partial charge in [0.15, 0.2) is 0 Å². The average molecular weight is 523 g/mol. The minimum absolute atomic E-state index is 0.0613. The summed E-state index contributed by atoms with van der Waals surface area (Å²) in [5.41, 5.74) is -0.845. The predicted octanol–water partition coefficient (Wildman–Crippen LogP) is 1.89. The number of ether oxygens (including phenoxy) is 7. The van der Waals surface area contributed by atoms with Gasteiger partial charge in [-0.15, -0.1) is 0 Å². The van der Waals surface area contributed by atoms with Crippen LogP contribution in [0.2, 0.25) is 0 Å². The van der Waals surface area contributed by atoms with Gasteiger partial charge in [-0.1, -0.05) is 20.8 Å². The largest absolute Gasteiger partial charge is 0.462 e. The SMILES string of the molecule is CCC(C)OC(=O)C(O)(OC(OCC(=O)OC(C)(C)C)C(=O)OCC(C)C)C(=O)OCCCCOC. The van der Waals surface area contributed by atoms with E-state index < -0.39 is 54.3 Å². The van der Waals surface area contributed by atoms with Crippen molar-refractivity contribution in [1.82, 2.24) is 0 Å². The molecule has 3 unspecified atom stereocenters. The van der Waals surface area contributed by atoms with Crippen LogP contribution in [0.15, 0.2) is 0 Å². The molecule has 0 spiro atoms. The first-order valence-corrected chi connectivity index (χ1v) is 11.9. The van der Waals surface area contributed by atoms with Crippen LogP contribution in [0.25, 0.3) is 0 Å². The third-order valence-electron chi connectivity index (χ3n) is 4.21. The molecule has 0 heterocycles. The molecule has 1 N–H and O–H groups in total. The first-order chi connectivity index (χ1) is 16.7. The number of carbonyl (C=O) groups is 4. The fourth-order valence-electron chi connectivity index (χ4n) is 2.27. The number of methoxy groups -OCH3 is 1. The first kappa shape index (κ1) is 33.7. The second kappa shape index (κ2) is 16.5. The van der Waals surface area contributed by atoms with Gasteiger partial charge in [-0.25, -0.2) is 19.2 Å². The molecule has 210 valence electrons. The van der Waals surface area contributed by atoms with Gasteiger partial charge in [0.25, 0.3) is 6.29 Å². The van der Waals surface area contributed by atoms with Gasteiger partial charge >= 0.3 is 29.7 Å². The highest BCUT2D eigenvalue weighted by Crippen LogP contribution is 2.20. The Bertz CT molecular complexity index is 700. The molecule has 0 amide bonds. The summed E-state index contributed by atoms with van der Waals surface area (Å²) in [6.45, 7) is 11.0. The number of aliphatic hydroxyl groups is 1. The van der Waals surface area contributed by atoms with Gasteiger partial charge in [0.05, 0.1) is 19.3 Å². The summed E-state index contributed by atoms with van der Waals surface area (Å²) in [5, 5.41) is 10.9. The van der Waals surface area contributed by atoms with Gasteiger partial charge in [0.2, 0.25) is 0 Å². The van der Waals surface area contributed by atoms with Crippen LogP contribution >= 0.6 is 0 Å². The van der Waals surface area contributed by atoms with Gasteiger partial charge in [0.1, 0.15) is 12.2 Å². The summed E-state index contributed by atoms with van der Waals surface area (Å²) in [7, 11) is 1.51. The molecule has 0 aromatic heterocycles. The highest BCUT2D eigenvalue weighted by molar-refractivity contribution is 6.01. The summed E-state index contributed by atoms with van der Waals surface area (Å²) < 4.78 is 35.4. The van der Waals surface area contributed by atoms with Crippen LogP contribution in [-0.2, 0) is 52.3 Å². The molecule has 12 heteroatoms. The van der Waals surface area contributed by atoms with Crippen LogP contribution in [0.1, 0.15) is 67.7 Å². The molecule has 3 atom stereocenters. The Kier molecular flexibility index (Phi) is 15.4. The zero-order valence-corrected chi connectivity index (χ0v) is 22.6. The molecule has 0 saturated heterocycles. The van der Waals surface area contributed by atoms with E-state index in [9.17, 15) is 24.3 Å². The summed E-state index contributed by atoms with van der Waals surface area (Å²) >= 11 is 0. The number of esters is 4. The monoisotopic (exact) mass is 522 g/mol. The third kappa shape index (κ3) is 13.7. The van der Waals surface area contributed by atoms with Crippen molar-refractivity contribution in [2.45, 2.75) is 91.5 Å². The van der Waals surface area contributed by atoms with Gasteiger partial charge < -0.3 is 33.5 Å². The van der Waals surface area contributed by atoms with Crippen molar-refractivity contribution >= 4 is 23.9 Å². The topological polar surface area (TPSA) is 153 Å².